The second kappa shape index (κ2) is 5.54. The molecule has 2 aromatic rings. The van der Waals surface area contributed by atoms with E-state index >= 15 is 0 Å². The summed E-state index contributed by atoms with van der Waals surface area (Å²) in [6, 6.07) is 9.51. The van der Waals surface area contributed by atoms with Crippen molar-refractivity contribution in [1.29, 1.82) is 0 Å². The second-order valence-electron chi connectivity index (χ2n) is 3.93. The van der Waals surface area contributed by atoms with Crippen molar-refractivity contribution < 1.29 is 17.8 Å². The number of hydrogen-bond donors (Lipinski definition) is 1. The quantitative estimate of drug-likeness (QED) is 0.690. The molecule has 0 aliphatic rings. The standard InChI is InChI=1S/C13H8Cl2O4S/c14-10-2-1-3-11(15)12(10)13(16)8-4-6-9(7-5-8)20(17,18)19/h1-7H,(H,17,18,19). The zero-order valence-corrected chi connectivity index (χ0v) is 12.2. The minimum atomic E-state index is -4.29. The maximum absolute atomic E-state index is 12.3. The molecule has 1 N–H and O–H groups in total. The van der Waals surface area contributed by atoms with E-state index in [1.165, 1.54) is 24.3 Å². The Hall–Kier alpha value is -1.40. The Morgan fingerprint density at radius 1 is 0.950 bits per heavy atom. The second-order valence-corrected chi connectivity index (χ2v) is 6.16. The Labute approximate surface area is 125 Å². The average Bonchev–Trinajstić information content (AvgIpc) is 2.37. The summed E-state index contributed by atoms with van der Waals surface area (Å²) in [5.41, 5.74) is 0.364. The van der Waals surface area contributed by atoms with Gasteiger partial charge in [-0.2, -0.15) is 8.42 Å². The van der Waals surface area contributed by atoms with Gasteiger partial charge in [0.25, 0.3) is 10.1 Å². The minimum Gasteiger partial charge on any atom is -0.288 e. The summed E-state index contributed by atoms with van der Waals surface area (Å²) in [7, 11) is -4.29. The van der Waals surface area contributed by atoms with Crippen molar-refractivity contribution in [2.75, 3.05) is 0 Å². The fourth-order valence-electron chi connectivity index (χ4n) is 1.64. The molecule has 4 nitrogen and oxygen atoms in total. The number of hydrogen-bond acceptors (Lipinski definition) is 3. The molecule has 0 fully saturated rings. The SMILES string of the molecule is O=C(c1ccc(S(=O)(=O)O)cc1)c1c(Cl)cccc1Cl. The van der Waals surface area contributed by atoms with E-state index in [1.807, 2.05) is 0 Å². The van der Waals surface area contributed by atoms with Gasteiger partial charge in [0.1, 0.15) is 0 Å². The van der Waals surface area contributed by atoms with E-state index in [9.17, 15) is 13.2 Å². The molecule has 0 aromatic heterocycles. The number of rotatable bonds is 3. The van der Waals surface area contributed by atoms with E-state index in [4.69, 9.17) is 27.8 Å². The predicted octanol–water partition coefficient (Wildman–Crippen LogP) is 3.47. The van der Waals surface area contributed by atoms with Gasteiger partial charge in [-0.15, -0.1) is 0 Å². The van der Waals surface area contributed by atoms with Gasteiger partial charge in [0, 0.05) is 5.56 Å². The summed E-state index contributed by atoms with van der Waals surface area (Å²) in [5, 5.41) is 0.419. The number of ketones is 1. The summed E-state index contributed by atoms with van der Waals surface area (Å²) in [4.78, 5) is 12.0. The molecule has 104 valence electrons. The van der Waals surface area contributed by atoms with Gasteiger partial charge in [0.2, 0.25) is 0 Å². The third-order valence-corrected chi connectivity index (χ3v) is 4.10. The molecule has 2 rings (SSSR count). The lowest BCUT2D eigenvalue weighted by molar-refractivity contribution is 0.103. The Morgan fingerprint density at radius 3 is 1.90 bits per heavy atom. The van der Waals surface area contributed by atoms with Gasteiger partial charge < -0.3 is 0 Å². The van der Waals surface area contributed by atoms with E-state index in [0.717, 1.165) is 12.1 Å². The average molecular weight is 331 g/mol. The van der Waals surface area contributed by atoms with Crippen LogP contribution < -0.4 is 0 Å². The molecule has 0 unspecified atom stereocenters. The Balaban J connectivity index is 2.45. The molecule has 0 radical (unpaired) electrons. The molecule has 7 heteroatoms. The van der Waals surface area contributed by atoms with Gasteiger partial charge in [-0.1, -0.05) is 29.3 Å². The molecule has 0 saturated heterocycles. The summed E-state index contributed by atoms with van der Waals surface area (Å²) >= 11 is 11.9. The molecule has 0 bridgehead atoms. The van der Waals surface area contributed by atoms with Crippen molar-refractivity contribution in [2.24, 2.45) is 0 Å². The van der Waals surface area contributed by atoms with Gasteiger partial charge in [-0.05, 0) is 36.4 Å². The van der Waals surface area contributed by atoms with E-state index in [0.29, 0.717) is 0 Å². The van der Waals surface area contributed by atoms with Crippen LogP contribution in [0.15, 0.2) is 47.4 Å². The van der Waals surface area contributed by atoms with E-state index < -0.39 is 15.9 Å². The highest BCUT2D eigenvalue weighted by molar-refractivity contribution is 7.85. The van der Waals surface area contributed by atoms with Crippen molar-refractivity contribution in [3.8, 4) is 0 Å². The first kappa shape index (κ1) is 15.0. The van der Waals surface area contributed by atoms with Crippen LogP contribution in [0.4, 0.5) is 0 Å². The van der Waals surface area contributed by atoms with E-state index in [-0.39, 0.29) is 26.1 Å². The molecule has 2 aromatic carbocycles. The number of halogens is 2. The first-order valence-corrected chi connectivity index (χ1v) is 7.56. The van der Waals surface area contributed by atoms with Crippen LogP contribution >= 0.6 is 23.2 Å². The molecule has 0 aliphatic heterocycles. The van der Waals surface area contributed by atoms with Crippen molar-refractivity contribution in [3.05, 3.63) is 63.6 Å². The van der Waals surface area contributed by atoms with Crippen molar-refractivity contribution in [2.45, 2.75) is 4.90 Å². The van der Waals surface area contributed by atoms with Gasteiger partial charge in [-0.3, -0.25) is 9.35 Å². The van der Waals surface area contributed by atoms with Crippen LogP contribution in [0.2, 0.25) is 10.0 Å². The lowest BCUT2D eigenvalue weighted by atomic mass is 10.0. The van der Waals surface area contributed by atoms with Crippen LogP contribution in [-0.2, 0) is 10.1 Å². The van der Waals surface area contributed by atoms with Crippen molar-refractivity contribution in [3.63, 3.8) is 0 Å². The topological polar surface area (TPSA) is 71.4 Å². The van der Waals surface area contributed by atoms with Crippen LogP contribution in [0, 0.1) is 0 Å². The molecule has 0 saturated carbocycles. The van der Waals surface area contributed by atoms with Gasteiger partial charge in [0.05, 0.1) is 20.5 Å². The largest absolute Gasteiger partial charge is 0.294 e. The highest BCUT2D eigenvalue weighted by Gasteiger charge is 2.17. The molecule has 0 aliphatic carbocycles. The molecular formula is C13H8Cl2O4S. The maximum atomic E-state index is 12.3. The monoisotopic (exact) mass is 330 g/mol. The third-order valence-electron chi connectivity index (χ3n) is 2.60. The van der Waals surface area contributed by atoms with Crippen LogP contribution in [0.25, 0.3) is 0 Å². The normalized spacial score (nSPS) is 11.3. The Bertz CT molecular complexity index is 747. The van der Waals surface area contributed by atoms with E-state index in [1.54, 1.807) is 6.07 Å². The molecule has 0 amide bonds. The summed E-state index contributed by atoms with van der Waals surface area (Å²) in [6.45, 7) is 0. The molecule has 0 spiro atoms. The van der Waals surface area contributed by atoms with Crippen LogP contribution in [-0.4, -0.2) is 18.8 Å². The first-order valence-electron chi connectivity index (χ1n) is 5.37. The van der Waals surface area contributed by atoms with Gasteiger partial charge in [-0.25, -0.2) is 0 Å². The number of carbonyl (C=O) groups excluding carboxylic acids is 1. The van der Waals surface area contributed by atoms with E-state index in [2.05, 4.69) is 0 Å². The summed E-state index contributed by atoms with van der Waals surface area (Å²) in [6.07, 6.45) is 0. The first-order chi connectivity index (χ1) is 9.30. The molecule has 0 atom stereocenters. The fourth-order valence-corrected chi connectivity index (χ4v) is 2.69. The zero-order chi connectivity index (χ0) is 14.9. The fraction of sp³-hybridized carbons (Fsp3) is 0. The highest BCUT2D eigenvalue weighted by atomic mass is 35.5. The molecular weight excluding hydrogens is 323 g/mol. The smallest absolute Gasteiger partial charge is 0.288 e. The zero-order valence-electron chi connectivity index (χ0n) is 9.88. The Morgan fingerprint density at radius 2 is 1.45 bits per heavy atom. The predicted molar refractivity (Wildman–Crippen MR) is 76.2 cm³/mol. The van der Waals surface area contributed by atoms with Gasteiger partial charge >= 0.3 is 0 Å². The molecule has 20 heavy (non-hydrogen) atoms. The summed E-state index contributed by atoms with van der Waals surface area (Å²) in [5.74, 6) is -0.428. The summed E-state index contributed by atoms with van der Waals surface area (Å²) < 4.78 is 30.7. The lowest BCUT2D eigenvalue weighted by Crippen LogP contribution is -2.04. The molecule has 0 heterocycles. The van der Waals surface area contributed by atoms with Gasteiger partial charge in [0.15, 0.2) is 5.78 Å². The third kappa shape index (κ3) is 3.02. The Kier molecular flexibility index (Phi) is 4.15. The maximum Gasteiger partial charge on any atom is 0.294 e. The highest BCUT2D eigenvalue weighted by Crippen LogP contribution is 2.27. The van der Waals surface area contributed by atoms with Crippen LogP contribution in [0.5, 0.6) is 0 Å². The van der Waals surface area contributed by atoms with Crippen LogP contribution in [0.3, 0.4) is 0 Å². The number of carbonyl (C=O) groups is 1. The number of benzene rings is 2. The lowest BCUT2D eigenvalue weighted by Gasteiger charge is -2.06. The van der Waals surface area contributed by atoms with Crippen LogP contribution in [0.1, 0.15) is 15.9 Å². The van der Waals surface area contributed by atoms with Crippen molar-refractivity contribution >= 4 is 39.1 Å². The minimum absolute atomic E-state index is 0.149. The van der Waals surface area contributed by atoms with Crippen molar-refractivity contribution in [1.82, 2.24) is 0 Å².